The lowest BCUT2D eigenvalue weighted by Crippen LogP contribution is -2.03. The Hall–Kier alpha value is -1.55. The third-order valence-corrected chi connectivity index (χ3v) is 3.08. The molecule has 0 radical (unpaired) electrons. The van der Waals surface area contributed by atoms with Gasteiger partial charge in [0, 0.05) is 25.4 Å². The Morgan fingerprint density at radius 1 is 1.44 bits per heavy atom. The zero-order valence-corrected chi connectivity index (χ0v) is 11.6. The second-order valence-electron chi connectivity index (χ2n) is 4.30. The van der Waals surface area contributed by atoms with Crippen molar-refractivity contribution in [1.29, 1.82) is 0 Å². The maximum absolute atomic E-state index is 5.83. The van der Waals surface area contributed by atoms with Crippen molar-refractivity contribution in [2.45, 2.75) is 26.8 Å². The first-order valence-electron chi connectivity index (χ1n) is 5.97. The average Bonchev–Trinajstić information content (AvgIpc) is 2.68. The van der Waals surface area contributed by atoms with Crippen molar-refractivity contribution in [3.8, 4) is 0 Å². The number of nitrogens with zero attached hydrogens (tertiary/aromatic N) is 3. The van der Waals surface area contributed by atoms with E-state index in [0.717, 1.165) is 29.9 Å². The van der Waals surface area contributed by atoms with Crippen molar-refractivity contribution < 1.29 is 0 Å². The number of aryl methyl sites for hydroxylation is 3. The van der Waals surface area contributed by atoms with Crippen LogP contribution in [0, 0.1) is 6.92 Å². The van der Waals surface area contributed by atoms with E-state index in [1.54, 1.807) is 6.20 Å². The molecular formula is C13H17ClN4. The minimum atomic E-state index is 0.522. The third kappa shape index (κ3) is 2.82. The molecule has 2 aromatic heterocycles. The quantitative estimate of drug-likeness (QED) is 0.864. The van der Waals surface area contributed by atoms with Crippen LogP contribution in [0.5, 0.6) is 0 Å². The normalized spacial score (nSPS) is 10.7. The van der Waals surface area contributed by atoms with Gasteiger partial charge < -0.3 is 5.32 Å². The summed E-state index contributed by atoms with van der Waals surface area (Å²) in [6.45, 7) is 4.88. The fraction of sp³-hybridized carbons (Fsp3) is 0.385. The van der Waals surface area contributed by atoms with Crippen molar-refractivity contribution in [1.82, 2.24) is 14.8 Å². The van der Waals surface area contributed by atoms with Crippen molar-refractivity contribution in [3.05, 3.63) is 40.4 Å². The lowest BCUT2D eigenvalue weighted by atomic mass is 10.2. The number of nitrogens with one attached hydrogen (secondary N) is 1. The van der Waals surface area contributed by atoms with Crippen LogP contribution < -0.4 is 5.32 Å². The zero-order valence-electron chi connectivity index (χ0n) is 10.9. The van der Waals surface area contributed by atoms with Crippen LogP contribution in [0.15, 0.2) is 18.5 Å². The zero-order chi connectivity index (χ0) is 13.1. The van der Waals surface area contributed by atoms with E-state index in [-0.39, 0.29) is 0 Å². The van der Waals surface area contributed by atoms with Gasteiger partial charge in [0.25, 0.3) is 0 Å². The predicted octanol–water partition coefficient (Wildman–Crippen LogP) is 2.95. The summed E-state index contributed by atoms with van der Waals surface area (Å²) in [5.41, 5.74) is 4.45. The Morgan fingerprint density at radius 3 is 2.89 bits per heavy atom. The van der Waals surface area contributed by atoms with Gasteiger partial charge >= 0.3 is 0 Å². The number of rotatable bonds is 4. The molecule has 0 aliphatic rings. The molecule has 0 aliphatic carbocycles. The van der Waals surface area contributed by atoms with Gasteiger partial charge in [-0.3, -0.25) is 4.68 Å². The van der Waals surface area contributed by atoms with Crippen molar-refractivity contribution >= 4 is 17.3 Å². The van der Waals surface area contributed by atoms with E-state index in [0.29, 0.717) is 5.15 Å². The summed E-state index contributed by atoms with van der Waals surface area (Å²) in [4.78, 5) is 4.08. The second kappa shape index (κ2) is 5.40. The van der Waals surface area contributed by atoms with E-state index in [2.05, 4.69) is 22.3 Å². The number of hydrogen-bond acceptors (Lipinski definition) is 3. The number of aromatic nitrogens is 3. The van der Waals surface area contributed by atoms with Crippen LogP contribution in [0.1, 0.15) is 23.7 Å². The summed E-state index contributed by atoms with van der Waals surface area (Å²) >= 11 is 5.83. The number of halogens is 1. The molecule has 4 nitrogen and oxygen atoms in total. The summed E-state index contributed by atoms with van der Waals surface area (Å²) in [7, 11) is 1.94. The smallest absolute Gasteiger partial charge is 0.129 e. The topological polar surface area (TPSA) is 42.7 Å². The van der Waals surface area contributed by atoms with Gasteiger partial charge in [0.2, 0.25) is 0 Å². The second-order valence-corrected chi connectivity index (χ2v) is 4.69. The molecule has 2 rings (SSSR count). The molecule has 18 heavy (non-hydrogen) atoms. The van der Waals surface area contributed by atoms with Gasteiger partial charge in [-0.1, -0.05) is 18.5 Å². The first-order chi connectivity index (χ1) is 8.60. The molecule has 96 valence electrons. The molecule has 0 aromatic carbocycles. The van der Waals surface area contributed by atoms with Gasteiger partial charge in [0.15, 0.2) is 0 Å². The minimum Gasteiger partial charge on any atom is -0.379 e. The summed E-state index contributed by atoms with van der Waals surface area (Å²) in [5, 5.41) is 8.31. The van der Waals surface area contributed by atoms with Crippen LogP contribution in [0.2, 0.25) is 5.15 Å². The fourth-order valence-electron chi connectivity index (χ4n) is 1.93. The number of pyridine rings is 1. The summed E-state index contributed by atoms with van der Waals surface area (Å²) in [5.74, 6) is 0. The maximum atomic E-state index is 5.83. The molecule has 0 aliphatic heterocycles. The summed E-state index contributed by atoms with van der Waals surface area (Å²) in [6, 6.07) is 1.86. The molecule has 2 heterocycles. The van der Waals surface area contributed by atoms with Crippen LogP contribution >= 0.6 is 11.6 Å². The molecule has 0 unspecified atom stereocenters. The van der Waals surface area contributed by atoms with Crippen molar-refractivity contribution in [2.75, 3.05) is 5.32 Å². The lowest BCUT2D eigenvalue weighted by molar-refractivity contribution is 0.746. The highest BCUT2D eigenvalue weighted by Gasteiger charge is 2.06. The van der Waals surface area contributed by atoms with Crippen LogP contribution in [-0.4, -0.2) is 14.8 Å². The number of anilines is 1. The van der Waals surface area contributed by atoms with E-state index in [1.807, 2.05) is 30.9 Å². The molecule has 1 N–H and O–H groups in total. The lowest BCUT2D eigenvalue weighted by Gasteiger charge is -2.08. The maximum Gasteiger partial charge on any atom is 0.129 e. The summed E-state index contributed by atoms with van der Waals surface area (Å²) < 4.78 is 1.85. The van der Waals surface area contributed by atoms with Crippen LogP contribution in [-0.2, 0) is 20.0 Å². The molecule has 0 saturated heterocycles. The van der Waals surface area contributed by atoms with Crippen molar-refractivity contribution in [2.24, 2.45) is 7.05 Å². The highest BCUT2D eigenvalue weighted by atomic mass is 35.5. The standard InChI is InChI=1S/C13H17ClN4/c1-4-11-10(8-18(3)17-11)6-15-12-7-16-13(14)5-9(12)2/h5,7-8,15H,4,6H2,1-3H3. The van der Waals surface area contributed by atoms with Crippen LogP contribution in [0.4, 0.5) is 5.69 Å². The average molecular weight is 265 g/mol. The predicted molar refractivity (Wildman–Crippen MR) is 73.9 cm³/mol. The van der Waals surface area contributed by atoms with Crippen LogP contribution in [0.3, 0.4) is 0 Å². The molecular weight excluding hydrogens is 248 g/mol. The molecule has 0 atom stereocenters. The third-order valence-electron chi connectivity index (χ3n) is 2.87. The van der Waals surface area contributed by atoms with E-state index in [9.17, 15) is 0 Å². The van der Waals surface area contributed by atoms with Gasteiger partial charge in [0.1, 0.15) is 5.15 Å². The van der Waals surface area contributed by atoms with Gasteiger partial charge in [-0.2, -0.15) is 5.10 Å². The highest BCUT2D eigenvalue weighted by Crippen LogP contribution is 2.18. The highest BCUT2D eigenvalue weighted by molar-refractivity contribution is 6.29. The van der Waals surface area contributed by atoms with E-state index in [4.69, 9.17) is 11.6 Å². The Morgan fingerprint density at radius 2 is 2.22 bits per heavy atom. The molecule has 2 aromatic rings. The van der Waals surface area contributed by atoms with Gasteiger partial charge in [-0.15, -0.1) is 0 Å². The largest absolute Gasteiger partial charge is 0.379 e. The SMILES string of the molecule is CCc1nn(C)cc1CNc1cnc(Cl)cc1C. The molecule has 0 spiro atoms. The molecule has 5 heteroatoms. The Balaban J connectivity index is 2.11. The van der Waals surface area contributed by atoms with E-state index >= 15 is 0 Å². The van der Waals surface area contributed by atoms with Crippen LogP contribution in [0.25, 0.3) is 0 Å². The van der Waals surface area contributed by atoms with Crippen molar-refractivity contribution in [3.63, 3.8) is 0 Å². The molecule has 0 fully saturated rings. The van der Waals surface area contributed by atoms with E-state index < -0.39 is 0 Å². The Kier molecular flexibility index (Phi) is 3.87. The summed E-state index contributed by atoms with van der Waals surface area (Å²) in [6.07, 6.45) is 4.75. The Labute approximate surface area is 112 Å². The van der Waals surface area contributed by atoms with Gasteiger partial charge in [-0.05, 0) is 25.0 Å². The monoisotopic (exact) mass is 264 g/mol. The first kappa shape index (κ1) is 12.9. The fourth-order valence-corrected chi connectivity index (χ4v) is 2.14. The molecule has 0 bridgehead atoms. The molecule has 0 amide bonds. The van der Waals surface area contributed by atoms with E-state index in [1.165, 1.54) is 5.56 Å². The number of hydrogen-bond donors (Lipinski definition) is 1. The molecule has 0 saturated carbocycles. The minimum absolute atomic E-state index is 0.522. The first-order valence-corrected chi connectivity index (χ1v) is 6.35. The van der Waals surface area contributed by atoms with Gasteiger partial charge in [0.05, 0.1) is 17.6 Å². The van der Waals surface area contributed by atoms with Gasteiger partial charge in [-0.25, -0.2) is 4.98 Å². The Bertz CT molecular complexity index is 548.